The van der Waals surface area contributed by atoms with Gasteiger partial charge in [-0.15, -0.1) is 0 Å². The van der Waals surface area contributed by atoms with Crippen molar-refractivity contribution < 1.29 is 13.2 Å². The van der Waals surface area contributed by atoms with Crippen molar-refractivity contribution in [2.24, 2.45) is 5.92 Å². The highest BCUT2D eigenvalue weighted by Crippen LogP contribution is 2.22. The zero-order valence-electron chi connectivity index (χ0n) is 15.8. The first-order valence-electron chi connectivity index (χ1n) is 9.00. The molecule has 6 heteroatoms. The van der Waals surface area contributed by atoms with Crippen LogP contribution < -0.4 is 4.31 Å². The molecule has 1 heterocycles. The third-order valence-electron chi connectivity index (χ3n) is 4.78. The Bertz CT molecular complexity index is 687. The van der Waals surface area contributed by atoms with Crippen LogP contribution in [0, 0.1) is 19.8 Å². The van der Waals surface area contributed by atoms with Gasteiger partial charge in [-0.05, 0) is 62.3 Å². The van der Waals surface area contributed by atoms with Crippen molar-refractivity contribution >= 4 is 21.6 Å². The smallest absolute Gasteiger partial charge is 0.232 e. The van der Waals surface area contributed by atoms with Crippen molar-refractivity contribution in [3.05, 3.63) is 29.3 Å². The van der Waals surface area contributed by atoms with Crippen LogP contribution in [0.15, 0.2) is 18.2 Å². The van der Waals surface area contributed by atoms with Crippen LogP contribution >= 0.6 is 0 Å². The molecule has 1 aliphatic heterocycles. The maximum absolute atomic E-state index is 12.3. The monoisotopic (exact) mass is 366 g/mol. The fraction of sp³-hybridized carbons (Fsp3) is 0.632. The highest BCUT2D eigenvalue weighted by atomic mass is 32.2. The fourth-order valence-corrected chi connectivity index (χ4v) is 4.32. The highest BCUT2D eigenvalue weighted by molar-refractivity contribution is 7.92. The van der Waals surface area contributed by atoms with Gasteiger partial charge in [0, 0.05) is 26.1 Å². The van der Waals surface area contributed by atoms with Crippen LogP contribution in [0.25, 0.3) is 0 Å². The molecule has 0 aromatic heterocycles. The second-order valence-electron chi connectivity index (χ2n) is 7.35. The molecule has 1 amide bonds. The number of hydrogen-bond acceptors (Lipinski definition) is 3. The van der Waals surface area contributed by atoms with E-state index in [1.165, 1.54) is 10.6 Å². The molecule has 0 radical (unpaired) electrons. The van der Waals surface area contributed by atoms with Gasteiger partial charge in [-0.25, -0.2) is 8.42 Å². The summed E-state index contributed by atoms with van der Waals surface area (Å²) in [6, 6.07) is 5.77. The summed E-state index contributed by atoms with van der Waals surface area (Å²) in [4.78, 5) is 14.3. The van der Waals surface area contributed by atoms with Gasteiger partial charge in [0.2, 0.25) is 15.9 Å². The van der Waals surface area contributed by atoms with E-state index in [1.807, 2.05) is 36.9 Å². The number of carbonyl (C=O) groups excluding carboxylic acids is 1. The SMILES string of the molecule is Cc1cc(C)cc(N(CCCC(=O)N2CCC(C)CC2)S(C)(=O)=O)c1. The van der Waals surface area contributed by atoms with Gasteiger partial charge in [-0.3, -0.25) is 9.10 Å². The molecule has 1 fully saturated rings. The number of likely N-dealkylation sites (tertiary alicyclic amines) is 1. The van der Waals surface area contributed by atoms with Crippen LogP contribution in [0.1, 0.15) is 43.7 Å². The Morgan fingerprint density at radius 2 is 1.72 bits per heavy atom. The molecule has 140 valence electrons. The number of hydrogen-bond donors (Lipinski definition) is 0. The maximum Gasteiger partial charge on any atom is 0.232 e. The number of amides is 1. The first kappa shape index (κ1) is 19.8. The molecule has 0 aliphatic carbocycles. The van der Waals surface area contributed by atoms with Gasteiger partial charge in [-0.2, -0.15) is 0 Å². The molecule has 1 aromatic rings. The van der Waals surface area contributed by atoms with Crippen molar-refractivity contribution in [3.63, 3.8) is 0 Å². The number of rotatable bonds is 6. The lowest BCUT2D eigenvalue weighted by molar-refractivity contribution is -0.132. The molecular formula is C19H30N2O3S. The van der Waals surface area contributed by atoms with Crippen LogP contribution in [-0.2, 0) is 14.8 Å². The molecule has 0 spiro atoms. The Morgan fingerprint density at radius 1 is 1.16 bits per heavy atom. The van der Waals surface area contributed by atoms with Gasteiger partial charge in [-0.1, -0.05) is 13.0 Å². The van der Waals surface area contributed by atoms with Crippen LogP contribution in [0.3, 0.4) is 0 Å². The Hall–Kier alpha value is -1.56. The number of carbonyl (C=O) groups is 1. The van der Waals surface area contributed by atoms with E-state index in [1.54, 1.807) is 0 Å². The minimum Gasteiger partial charge on any atom is -0.343 e. The second-order valence-corrected chi connectivity index (χ2v) is 9.25. The third-order valence-corrected chi connectivity index (χ3v) is 5.98. The molecule has 0 atom stereocenters. The molecule has 1 aromatic carbocycles. The summed E-state index contributed by atoms with van der Waals surface area (Å²) in [5.41, 5.74) is 2.74. The fourth-order valence-electron chi connectivity index (χ4n) is 3.37. The van der Waals surface area contributed by atoms with Crippen molar-refractivity contribution in [1.29, 1.82) is 0 Å². The Morgan fingerprint density at radius 3 is 2.24 bits per heavy atom. The van der Waals surface area contributed by atoms with Crippen LogP contribution in [0.5, 0.6) is 0 Å². The van der Waals surface area contributed by atoms with Gasteiger partial charge in [0.05, 0.1) is 11.9 Å². The first-order valence-corrected chi connectivity index (χ1v) is 10.9. The van der Waals surface area contributed by atoms with Gasteiger partial charge in [0.15, 0.2) is 0 Å². The lowest BCUT2D eigenvalue weighted by Gasteiger charge is -2.30. The topological polar surface area (TPSA) is 57.7 Å². The molecule has 25 heavy (non-hydrogen) atoms. The molecule has 2 rings (SSSR count). The lowest BCUT2D eigenvalue weighted by atomic mass is 9.99. The molecule has 0 unspecified atom stereocenters. The van der Waals surface area contributed by atoms with Crippen LogP contribution in [0.4, 0.5) is 5.69 Å². The molecular weight excluding hydrogens is 336 g/mol. The van der Waals surface area contributed by atoms with E-state index in [-0.39, 0.29) is 5.91 Å². The number of anilines is 1. The number of sulfonamides is 1. The van der Waals surface area contributed by atoms with E-state index >= 15 is 0 Å². The van der Waals surface area contributed by atoms with Crippen LogP contribution in [-0.4, -0.2) is 45.1 Å². The standard InChI is InChI=1S/C19H30N2O3S/c1-15-7-10-20(11-8-15)19(22)6-5-9-21(25(4,23)24)18-13-16(2)12-17(3)14-18/h12-15H,5-11H2,1-4H3. The zero-order valence-corrected chi connectivity index (χ0v) is 16.6. The molecule has 0 saturated carbocycles. The minimum atomic E-state index is -3.37. The van der Waals surface area contributed by atoms with Gasteiger partial charge >= 0.3 is 0 Å². The normalized spacial score (nSPS) is 16.1. The molecule has 0 N–H and O–H groups in total. The summed E-state index contributed by atoms with van der Waals surface area (Å²) in [7, 11) is -3.37. The summed E-state index contributed by atoms with van der Waals surface area (Å²) in [6.45, 7) is 8.11. The molecule has 1 aliphatic rings. The predicted octanol–water partition coefficient (Wildman–Crippen LogP) is 3.11. The van der Waals surface area contributed by atoms with Crippen molar-refractivity contribution in [3.8, 4) is 0 Å². The highest BCUT2D eigenvalue weighted by Gasteiger charge is 2.22. The second kappa shape index (κ2) is 8.21. The summed E-state index contributed by atoms with van der Waals surface area (Å²) in [5, 5.41) is 0. The predicted molar refractivity (Wildman–Crippen MR) is 102 cm³/mol. The lowest BCUT2D eigenvalue weighted by Crippen LogP contribution is -2.38. The summed E-state index contributed by atoms with van der Waals surface area (Å²) < 4.78 is 25.8. The number of nitrogens with zero attached hydrogens (tertiary/aromatic N) is 2. The summed E-state index contributed by atoms with van der Waals surface area (Å²) in [6.07, 6.45) is 4.27. The Balaban J connectivity index is 1.98. The van der Waals surface area contributed by atoms with E-state index < -0.39 is 10.0 Å². The van der Waals surface area contributed by atoms with E-state index in [0.29, 0.717) is 31.0 Å². The Kier molecular flexibility index (Phi) is 6.49. The molecule has 1 saturated heterocycles. The Labute approximate surface area is 152 Å². The van der Waals surface area contributed by atoms with Gasteiger partial charge < -0.3 is 4.90 Å². The van der Waals surface area contributed by atoms with Gasteiger partial charge in [0.25, 0.3) is 0 Å². The van der Waals surface area contributed by atoms with Crippen molar-refractivity contribution in [2.75, 3.05) is 30.2 Å². The quantitative estimate of drug-likeness (QED) is 0.777. The van der Waals surface area contributed by atoms with Crippen molar-refractivity contribution in [2.45, 2.75) is 46.5 Å². The van der Waals surface area contributed by atoms with E-state index in [4.69, 9.17) is 0 Å². The minimum absolute atomic E-state index is 0.140. The largest absolute Gasteiger partial charge is 0.343 e. The van der Waals surface area contributed by atoms with Crippen LogP contribution in [0.2, 0.25) is 0 Å². The third kappa shape index (κ3) is 5.73. The van der Waals surface area contributed by atoms with E-state index in [2.05, 4.69) is 6.92 Å². The van der Waals surface area contributed by atoms with Gasteiger partial charge in [0.1, 0.15) is 0 Å². The average Bonchev–Trinajstić information content (AvgIpc) is 2.49. The number of piperidine rings is 1. The zero-order chi connectivity index (χ0) is 18.6. The molecule has 0 bridgehead atoms. The van der Waals surface area contributed by atoms with E-state index in [0.717, 1.165) is 37.1 Å². The van der Waals surface area contributed by atoms with Crippen molar-refractivity contribution in [1.82, 2.24) is 4.90 Å². The number of aryl methyl sites for hydroxylation is 2. The molecule has 5 nitrogen and oxygen atoms in total. The maximum atomic E-state index is 12.3. The average molecular weight is 367 g/mol. The summed E-state index contributed by atoms with van der Waals surface area (Å²) in [5.74, 6) is 0.829. The number of benzene rings is 1. The van der Waals surface area contributed by atoms with E-state index in [9.17, 15) is 13.2 Å². The first-order chi connectivity index (χ1) is 11.7. The summed E-state index contributed by atoms with van der Waals surface area (Å²) >= 11 is 0.